The van der Waals surface area contributed by atoms with Gasteiger partial charge in [0.15, 0.2) is 11.9 Å². The van der Waals surface area contributed by atoms with E-state index in [0.717, 1.165) is 21.3 Å². The lowest BCUT2D eigenvalue weighted by atomic mass is 10.1. The first-order chi connectivity index (χ1) is 11.7. The molecule has 0 amide bonds. The Kier molecular flexibility index (Phi) is 4.12. The molecule has 1 N–H and O–H groups in total. The van der Waals surface area contributed by atoms with Gasteiger partial charge >= 0.3 is 0 Å². The first kappa shape index (κ1) is 15.4. The Morgan fingerprint density at radius 3 is 2.83 bits per heavy atom. The predicted octanol–water partition coefficient (Wildman–Crippen LogP) is 4.53. The van der Waals surface area contributed by atoms with Crippen molar-refractivity contribution in [3.63, 3.8) is 0 Å². The van der Waals surface area contributed by atoms with Crippen molar-refractivity contribution in [2.45, 2.75) is 11.4 Å². The Bertz CT molecular complexity index is 905. The second-order valence-corrected chi connectivity index (χ2v) is 6.88. The molecule has 7 heteroatoms. The number of nitrogens with zero attached hydrogens (tertiary/aromatic N) is 3. The zero-order valence-corrected chi connectivity index (χ0v) is 15.1. The summed E-state index contributed by atoms with van der Waals surface area (Å²) in [5, 5.41) is 12.5. The number of benzene rings is 2. The molecule has 2 aromatic carbocycles. The number of halogens is 1. The van der Waals surface area contributed by atoms with Gasteiger partial charge < -0.3 is 10.1 Å². The summed E-state index contributed by atoms with van der Waals surface area (Å²) in [4.78, 5) is 4.50. The monoisotopic (exact) mass is 400 g/mol. The summed E-state index contributed by atoms with van der Waals surface area (Å²) < 4.78 is 7.16. The molecule has 0 fully saturated rings. The molecule has 2 heterocycles. The van der Waals surface area contributed by atoms with E-state index in [1.54, 1.807) is 0 Å². The molecule has 0 bridgehead atoms. The normalized spacial score (nSPS) is 15.5. The number of para-hydroxylation sites is 1. The fraction of sp³-hybridized carbons (Fsp3) is 0.118. The SMILES string of the molecule is CSc1nnc2c(n1)OC(c1cccc(Br)c1)Nc1ccccc1-2. The Morgan fingerprint density at radius 1 is 1.12 bits per heavy atom. The molecule has 0 saturated carbocycles. The van der Waals surface area contributed by atoms with Crippen LogP contribution in [0.25, 0.3) is 11.3 Å². The summed E-state index contributed by atoms with van der Waals surface area (Å²) in [5.41, 5.74) is 3.51. The number of thioether (sulfide) groups is 1. The molecule has 5 nitrogen and oxygen atoms in total. The molecule has 1 atom stereocenters. The molecular formula is C17H13BrN4OS. The van der Waals surface area contributed by atoms with Gasteiger partial charge in [0.1, 0.15) is 0 Å². The van der Waals surface area contributed by atoms with Crippen LogP contribution in [-0.4, -0.2) is 21.4 Å². The summed E-state index contributed by atoms with van der Waals surface area (Å²) >= 11 is 4.95. The molecule has 1 aliphatic rings. The maximum Gasteiger partial charge on any atom is 0.247 e. The topological polar surface area (TPSA) is 59.9 Å². The lowest BCUT2D eigenvalue weighted by Gasteiger charge is -2.19. The second-order valence-electron chi connectivity index (χ2n) is 5.20. The van der Waals surface area contributed by atoms with E-state index in [2.05, 4.69) is 36.4 Å². The van der Waals surface area contributed by atoms with Crippen molar-refractivity contribution < 1.29 is 4.74 Å². The van der Waals surface area contributed by atoms with E-state index in [0.29, 0.717) is 16.7 Å². The van der Waals surface area contributed by atoms with Crippen molar-refractivity contribution >= 4 is 33.4 Å². The van der Waals surface area contributed by atoms with Crippen LogP contribution in [-0.2, 0) is 0 Å². The smallest absolute Gasteiger partial charge is 0.247 e. The molecule has 1 aliphatic heterocycles. The van der Waals surface area contributed by atoms with Crippen molar-refractivity contribution in [3.8, 4) is 17.1 Å². The molecule has 3 aromatic rings. The number of hydrogen-bond donors (Lipinski definition) is 1. The van der Waals surface area contributed by atoms with E-state index in [-0.39, 0.29) is 6.23 Å². The maximum absolute atomic E-state index is 6.16. The fourth-order valence-electron chi connectivity index (χ4n) is 2.55. The van der Waals surface area contributed by atoms with Crippen LogP contribution in [0.2, 0.25) is 0 Å². The van der Waals surface area contributed by atoms with Crippen LogP contribution in [0, 0.1) is 0 Å². The van der Waals surface area contributed by atoms with Crippen molar-refractivity contribution in [1.82, 2.24) is 15.2 Å². The van der Waals surface area contributed by atoms with Crippen LogP contribution in [0.5, 0.6) is 5.88 Å². The van der Waals surface area contributed by atoms with Crippen molar-refractivity contribution in [1.29, 1.82) is 0 Å². The minimum absolute atomic E-state index is 0.365. The summed E-state index contributed by atoms with van der Waals surface area (Å²) in [7, 11) is 0. The molecule has 1 aromatic heterocycles. The molecule has 0 saturated heterocycles. The molecule has 1 unspecified atom stereocenters. The van der Waals surface area contributed by atoms with Gasteiger partial charge in [-0.2, -0.15) is 4.98 Å². The third kappa shape index (κ3) is 2.85. The second kappa shape index (κ2) is 6.41. The fourth-order valence-corrected chi connectivity index (χ4v) is 3.27. The number of fused-ring (bicyclic) bond motifs is 3. The van der Waals surface area contributed by atoms with Gasteiger partial charge in [-0.05, 0) is 24.5 Å². The average molecular weight is 401 g/mol. The molecule has 24 heavy (non-hydrogen) atoms. The summed E-state index contributed by atoms with van der Waals surface area (Å²) in [5.74, 6) is 0.483. The highest BCUT2D eigenvalue weighted by molar-refractivity contribution is 9.10. The number of ether oxygens (including phenoxy) is 1. The molecule has 120 valence electrons. The first-order valence-corrected chi connectivity index (χ1v) is 9.33. The van der Waals surface area contributed by atoms with Crippen LogP contribution in [0.1, 0.15) is 11.8 Å². The number of aromatic nitrogens is 3. The lowest BCUT2D eigenvalue weighted by Crippen LogP contribution is -2.17. The van der Waals surface area contributed by atoms with Crippen LogP contribution < -0.4 is 10.1 Å². The van der Waals surface area contributed by atoms with Gasteiger partial charge in [-0.1, -0.05) is 58.0 Å². The van der Waals surface area contributed by atoms with E-state index in [4.69, 9.17) is 4.74 Å². The zero-order chi connectivity index (χ0) is 16.5. The van der Waals surface area contributed by atoms with Gasteiger partial charge in [-0.25, -0.2) is 0 Å². The quantitative estimate of drug-likeness (QED) is 0.637. The highest BCUT2D eigenvalue weighted by Gasteiger charge is 2.25. The lowest BCUT2D eigenvalue weighted by molar-refractivity contribution is 0.225. The van der Waals surface area contributed by atoms with E-state index in [1.807, 2.05) is 54.8 Å². The zero-order valence-electron chi connectivity index (χ0n) is 12.7. The Labute approximate surface area is 152 Å². The minimum Gasteiger partial charge on any atom is -0.448 e. The van der Waals surface area contributed by atoms with Crippen molar-refractivity contribution in [2.75, 3.05) is 11.6 Å². The average Bonchev–Trinajstić information content (AvgIpc) is 2.78. The molecule has 4 rings (SSSR count). The third-order valence-corrected chi connectivity index (χ3v) is 4.70. The molecule has 0 spiro atoms. The maximum atomic E-state index is 6.16. The number of hydrogen-bond acceptors (Lipinski definition) is 6. The molecule has 0 radical (unpaired) electrons. The van der Waals surface area contributed by atoms with Crippen molar-refractivity contribution in [2.24, 2.45) is 0 Å². The highest BCUT2D eigenvalue weighted by Crippen LogP contribution is 2.39. The van der Waals surface area contributed by atoms with Crippen molar-refractivity contribution in [3.05, 3.63) is 58.6 Å². The van der Waals surface area contributed by atoms with Gasteiger partial charge in [-0.15, -0.1) is 10.2 Å². The first-order valence-electron chi connectivity index (χ1n) is 7.31. The van der Waals surface area contributed by atoms with Gasteiger partial charge in [0, 0.05) is 21.3 Å². The largest absolute Gasteiger partial charge is 0.448 e. The molecule has 0 aliphatic carbocycles. The van der Waals surface area contributed by atoms with Crippen LogP contribution >= 0.6 is 27.7 Å². The minimum atomic E-state index is -0.365. The Morgan fingerprint density at radius 2 is 2.00 bits per heavy atom. The Hall–Kier alpha value is -2.12. The summed E-state index contributed by atoms with van der Waals surface area (Å²) in [6.07, 6.45) is 1.55. The van der Waals surface area contributed by atoms with E-state index >= 15 is 0 Å². The number of rotatable bonds is 2. The number of nitrogens with one attached hydrogen (secondary N) is 1. The van der Waals surface area contributed by atoms with E-state index < -0.39 is 0 Å². The van der Waals surface area contributed by atoms with E-state index in [1.165, 1.54) is 11.8 Å². The van der Waals surface area contributed by atoms with E-state index in [9.17, 15) is 0 Å². The summed E-state index contributed by atoms with van der Waals surface area (Å²) in [6, 6.07) is 15.9. The van der Waals surface area contributed by atoms with Gasteiger partial charge in [0.25, 0.3) is 0 Å². The summed E-state index contributed by atoms with van der Waals surface area (Å²) in [6.45, 7) is 0. The Balaban J connectivity index is 1.87. The van der Waals surface area contributed by atoms with Gasteiger partial charge in [-0.3, -0.25) is 0 Å². The number of anilines is 1. The van der Waals surface area contributed by atoms with Crippen LogP contribution in [0.3, 0.4) is 0 Å². The standard InChI is InChI=1S/C17H13BrN4OS/c1-24-17-20-16-14(21-22-17)12-7-2-3-8-13(12)19-15(23-16)10-5-4-6-11(18)9-10/h2-9,15,19H,1H3. The molecular weight excluding hydrogens is 388 g/mol. The third-order valence-electron chi connectivity index (χ3n) is 3.67. The predicted molar refractivity (Wildman–Crippen MR) is 98.2 cm³/mol. The van der Waals surface area contributed by atoms with Gasteiger partial charge in [0.05, 0.1) is 0 Å². The van der Waals surface area contributed by atoms with Gasteiger partial charge in [0.2, 0.25) is 11.0 Å². The van der Waals surface area contributed by atoms with Crippen LogP contribution in [0.15, 0.2) is 58.2 Å². The highest BCUT2D eigenvalue weighted by atomic mass is 79.9. The van der Waals surface area contributed by atoms with Crippen LogP contribution in [0.4, 0.5) is 5.69 Å².